The second-order valence-electron chi connectivity index (χ2n) is 27.3. The van der Waals surface area contributed by atoms with E-state index in [4.69, 9.17) is 30.7 Å². The van der Waals surface area contributed by atoms with E-state index < -0.39 is 0 Å². The Morgan fingerprint density at radius 2 is 0.779 bits per heavy atom. The fourth-order valence-electron chi connectivity index (χ4n) is 15.7. The number of nitrogens with zero attached hydrogens (tertiary/aromatic N) is 19. The van der Waals surface area contributed by atoms with Crippen LogP contribution in [0.3, 0.4) is 0 Å². The van der Waals surface area contributed by atoms with Gasteiger partial charge in [-0.15, -0.1) is 0 Å². The number of nitrogens with two attached hydrogens (primary N) is 1. The third-order valence-corrected chi connectivity index (χ3v) is 21.3. The van der Waals surface area contributed by atoms with Crippen LogP contribution in [-0.2, 0) is 0 Å². The molecule has 0 radical (unpaired) electrons. The summed E-state index contributed by atoms with van der Waals surface area (Å²) < 4.78 is 6.44. The van der Waals surface area contributed by atoms with Crippen molar-refractivity contribution in [1.29, 1.82) is 0 Å². The maximum atomic E-state index is 11.8. The number of piperazine rings is 3. The number of halogens is 1. The Morgan fingerprint density at radius 3 is 1.19 bits per heavy atom. The van der Waals surface area contributed by atoms with Gasteiger partial charge in [-0.25, -0.2) is 15.0 Å². The first-order chi connectivity index (χ1) is 45.6. The minimum atomic E-state index is -0.329. The lowest BCUT2D eigenvalue weighted by Crippen LogP contribution is -3.00. The quantitative estimate of drug-likeness (QED) is 0.0802. The number of aryl methyl sites for hydroxylation is 3. The summed E-state index contributed by atoms with van der Waals surface area (Å²) in [5, 5.41) is 11.8. The highest BCUT2D eigenvalue weighted by atomic mass is 127. The van der Waals surface area contributed by atoms with E-state index in [1.165, 1.54) is 58.2 Å². The van der Waals surface area contributed by atoms with E-state index in [9.17, 15) is 10.1 Å². The van der Waals surface area contributed by atoms with Crippen molar-refractivity contribution in [3.63, 3.8) is 0 Å². The lowest BCUT2D eigenvalue weighted by atomic mass is 9.91. The fraction of sp³-hybridized carbons (Fsp3) is 0.500. The maximum absolute atomic E-state index is 11.8. The monoisotopic (exact) mass is 1400 g/mol. The minimum Gasteiger partial charge on any atom is -1.00 e. The largest absolute Gasteiger partial charge is 1.00 e. The standard InChI is InChI=1S/C24H31N7O2.C24H33N7.C24H32N6.HI/c1-17-6-5-11-25-23(17)20-8-4-7-19(28(20)3)18-16-30-22(29-14-12-27(2)13-15-29)10-9-21(31(32)33)24(30)26-18;1-17-6-5-11-26-23(17)21-8-4-7-20(29(21)3)19-16-31-22(10-9-18(25)24(31)27-19)30-14-12-28(2)13-15-30;1-18-7-6-12-25-24(18)21-9-4-8-20(28(21)3)19-17-30-22(26-19)10-5-11-23(30)29-15-13-27(2)14-16-29;/h5-6,9-11,16,19-20H,4,7-8,12-15H2,1-3H3;5-6,9-11,16,20-21H,4,7-8,12-15,25H2,1-3H3;5-7,10-12,17,20-21H,4,8-9,13-16H2,1-3H3;1H/p-1/t19-,20+;2*20-,21+;/m000./s1. The summed E-state index contributed by atoms with van der Waals surface area (Å²) >= 11 is 0. The van der Waals surface area contributed by atoms with Crippen molar-refractivity contribution < 1.29 is 28.9 Å². The summed E-state index contributed by atoms with van der Waals surface area (Å²) in [4.78, 5) is 62.2. The topological polar surface area (TPSA) is 189 Å². The number of rotatable bonds is 10. The van der Waals surface area contributed by atoms with Crippen LogP contribution in [0, 0.1) is 30.9 Å². The van der Waals surface area contributed by atoms with Crippen LogP contribution in [-0.4, -0.2) is 198 Å². The van der Waals surface area contributed by atoms with E-state index >= 15 is 0 Å². The molecule has 9 aromatic rings. The van der Waals surface area contributed by atoms with Crippen LogP contribution in [0.5, 0.6) is 0 Å². The van der Waals surface area contributed by atoms with Gasteiger partial charge in [-0.05, 0) is 186 Å². The number of nitrogen functional groups attached to an aromatic ring is 1. The van der Waals surface area contributed by atoms with Crippen molar-refractivity contribution >= 4 is 45.8 Å². The number of likely N-dealkylation sites (tertiary alicyclic amines) is 3. The van der Waals surface area contributed by atoms with Crippen molar-refractivity contribution in [1.82, 2.24) is 72.5 Å². The number of likely N-dealkylation sites (N-methyl/N-ethyl adjacent to an activating group) is 3. The van der Waals surface area contributed by atoms with E-state index in [-0.39, 0.29) is 52.7 Å². The van der Waals surface area contributed by atoms with Gasteiger partial charge in [-0.2, -0.15) is 0 Å². The summed E-state index contributed by atoms with van der Waals surface area (Å²) in [5.41, 5.74) is 19.9. The molecule has 6 aliphatic heterocycles. The molecule has 0 unspecified atom stereocenters. The number of hydrogen-bond acceptors (Lipinski definition) is 18. The highest BCUT2D eigenvalue weighted by Crippen LogP contribution is 2.44. The molecule has 23 heteroatoms. The Bertz CT molecular complexity index is 4090. The number of imidazole rings is 3. The second kappa shape index (κ2) is 29.5. The molecule has 0 saturated carbocycles. The van der Waals surface area contributed by atoms with E-state index in [2.05, 4.69) is 176 Å². The van der Waals surface area contributed by atoms with Gasteiger partial charge in [0, 0.05) is 122 Å². The Labute approximate surface area is 576 Å². The maximum Gasteiger partial charge on any atom is 0.312 e. The predicted octanol–water partition coefficient (Wildman–Crippen LogP) is 7.56. The van der Waals surface area contributed by atoms with Gasteiger partial charge in [0.1, 0.15) is 23.1 Å². The van der Waals surface area contributed by atoms with Crippen molar-refractivity contribution in [3.8, 4) is 0 Å². The van der Waals surface area contributed by atoms with Gasteiger partial charge in [-0.1, -0.05) is 24.3 Å². The molecule has 6 aliphatic rings. The zero-order valence-electron chi connectivity index (χ0n) is 57.1. The lowest BCUT2D eigenvalue weighted by molar-refractivity contribution is -0.383. The Kier molecular flexibility index (Phi) is 21.0. The number of nitro groups is 1. The first kappa shape index (κ1) is 67.6. The molecule has 0 spiro atoms. The molecule has 504 valence electrons. The minimum absolute atomic E-state index is 0. The molecule has 0 aromatic carbocycles. The Hall–Kier alpha value is -7.39. The Morgan fingerprint density at radius 1 is 0.421 bits per heavy atom. The number of piperidine rings is 3. The molecular weight excluding hydrogens is 1300 g/mol. The Balaban J connectivity index is 0.000000136. The van der Waals surface area contributed by atoms with Gasteiger partial charge in [0.15, 0.2) is 5.65 Å². The van der Waals surface area contributed by atoms with Crippen LogP contribution in [0.2, 0.25) is 0 Å². The van der Waals surface area contributed by atoms with Gasteiger partial charge in [-0.3, -0.25) is 53.0 Å². The molecule has 6 saturated heterocycles. The molecule has 15 rings (SSSR count). The van der Waals surface area contributed by atoms with E-state index in [0.717, 1.165) is 163 Å². The molecule has 0 amide bonds. The molecule has 0 bridgehead atoms. The van der Waals surface area contributed by atoms with Gasteiger partial charge in [0.2, 0.25) is 5.65 Å². The highest BCUT2D eigenvalue weighted by molar-refractivity contribution is 5.70. The molecule has 9 aromatic heterocycles. The average molecular weight is 1400 g/mol. The van der Waals surface area contributed by atoms with Crippen LogP contribution in [0.15, 0.2) is 116 Å². The summed E-state index contributed by atoms with van der Waals surface area (Å²) in [7, 11) is 13.1. The van der Waals surface area contributed by atoms with Crippen LogP contribution >= 0.6 is 0 Å². The smallest absolute Gasteiger partial charge is 0.312 e. The fourth-order valence-corrected chi connectivity index (χ4v) is 15.7. The van der Waals surface area contributed by atoms with Gasteiger partial charge >= 0.3 is 5.69 Å². The average Bonchev–Trinajstić information content (AvgIpc) is 1.64. The van der Waals surface area contributed by atoms with Crippen molar-refractivity contribution in [2.45, 2.75) is 115 Å². The van der Waals surface area contributed by atoms with Crippen molar-refractivity contribution in [3.05, 3.63) is 177 Å². The first-order valence-corrected chi connectivity index (χ1v) is 34.2. The zero-order valence-corrected chi connectivity index (χ0v) is 59.2. The second-order valence-corrected chi connectivity index (χ2v) is 27.3. The van der Waals surface area contributed by atoms with Gasteiger partial charge < -0.3 is 59.1 Å². The summed E-state index contributed by atoms with van der Waals surface area (Å²) in [6.07, 6.45) is 22.2. The zero-order chi connectivity index (χ0) is 65.3. The van der Waals surface area contributed by atoms with E-state index in [1.807, 2.05) is 59.5 Å². The third-order valence-electron chi connectivity index (χ3n) is 21.3. The van der Waals surface area contributed by atoms with Gasteiger partial charge in [0.05, 0.1) is 81.0 Å². The number of fused-ring (bicyclic) bond motifs is 3. The number of aromatic nitrogens is 9. The SMILES string of the molecule is Cc1cccnc1[C@H]1CCC[C@@H](c2cn3c(N4CCN(C)CC4)ccc(N)c3n2)N1C.Cc1cccnc1[C@H]1CCC[C@@H](c2cn3c(N4CCN(C)CC4)ccc([N+](=O)[O-])c3n2)N1C.Cc1cccnc1[C@H]1CCC[C@@H](c2cn3c(N4CCN(C)CC4)cccc3n2)N1C.[I-]. The molecule has 6 atom stereocenters. The molecule has 6 fully saturated rings. The molecule has 95 heavy (non-hydrogen) atoms. The van der Waals surface area contributed by atoms with Crippen LogP contribution in [0.1, 0.15) is 145 Å². The number of anilines is 4. The first-order valence-electron chi connectivity index (χ1n) is 34.2. The van der Waals surface area contributed by atoms with Gasteiger partial charge in [0.25, 0.3) is 0 Å². The molecule has 15 heterocycles. The highest BCUT2D eigenvalue weighted by Gasteiger charge is 2.37. The van der Waals surface area contributed by atoms with E-state index in [0.29, 0.717) is 23.8 Å². The third kappa shape index (κ3) is 14.1. The summed E-state index contributed by atoms with van der Waals surface area (Å²) in [6, 6.07) is 28.1. The number of pyridine rings is 6. The van der Waals surface area contributed by atoms with Crippen LogP contribution in [0.4, 0.5) is 28.8 Å². The number of hydrogen-bond donors (Lipinski definition) is 1. The predicted molar refractivity (Wildman–Crippen MR) is 374 cm³/mol. The molecule has 2 N–H and O–H groups in total. The molecule has 0 aliphatic carbocycles. The van der Waals surface area contributed by atoms with E-state index in [1.54, 1.807) is 6.07 Å². The summed E-state index contributed by atoms with van der Waals surface area (Å²) in [6.45, 7) is 18.7. The van der Waals surface area contributed by atoms with Crippen LogP contribution < -0.4 is 44.4 Å². The lowest BCUT2D eigenvalue weighted by Gasteiger charge is -2.39. The van der Waals surface area contributed by atoms with Crippen LogP contribution in [0.25, 0.3) is 16.9 Å². The molecular formula is C72H96IN20O2-. The van der Waals surface area contributed by atoms with Crippen molar-refractivity contribution in [2.24, 2.45) is 0 Å². The summed E-state index contributed by atoms with van der Waals surface area (Å²) in [5.74, 6) is 3.42. The van der Waals surface area contributed by atoms with Crippen molar-refractivity contribution in [2.75, 3.05) is 141 Å². The normalized spacial score (nSPS) is 23.1. The molecule has 22 nitrogen and oxygen atoms in total.